The Morgan fingerprint density at radius 2 is 1.95 bits per heavy atom. The van der Waals surface area contributed by atoms with Gasteiger partial charge >= 0.3 is 0 Å². The highest BCUT2D eigenvalue weighted by atomic mass is 28.3. The molecular formula is C14H16N3OSi. The molecule has 0 unspecified atom stereocenters. The maximum atomic E-state index is 5.81. The summed E-state index contributed by atoms with van der Waals surface area (Å²) in [6.45, 7) is 4.21. The van der Waals surface area contributed by atoms with Gasteiger partial charge in [-0.2, -0.15) is 0 Å². The number of para-hydroxylation sites is 2. The molecule has 1 radical (unpaired) electrons. The van der Waals surface area contributed by atoms with Crippen LogP contribution < -0.4 is 4.43 Å². The number of rotatable bonds is 5. The molecule has 4 nitrogen and oxygen atoms in total. The van der Waals surface area contributed by atoms with Crippen molar-refractivity contribution >= 4 is 20.9 Å². The van der Waals surface area contributed by atoms with Crippen molar-refractivity contribution in [2.24, 2.45) is 4.99 Å². The molecule has 0 aliphatic rings. The average Bonchev–Trinajstić information content (AvgIpc) is 2.41. The van der Waals surface area contributed by atoms with Gasteiger partial charge in [0.25, 0.3) is 9.04 Å². The Balaban J connectivity index is 2.06. The summed E-state index contributed by atoms with van der Waals surface area (Å²) in [5.74, 6) is 0.849. The van der Waals surface area contributed by atoms with E-state index in [-0.39, 0.29) is 0 Å². The van der Waals surface area contributed by atoms with E-state index in [9.17, 15) is 0 Å². The Kier molecular flexibility index (Phi) is 4.80. The zero-order chi connectivity index (χ0) is 13.5. The van der Waals surface area contributed by atoms with E-state index in [1.807, 2.05) is 30.5 Å². The first-order valence-corrected chi connectivity index (χ1v) is 8.50. The van der Waals surface area contributed by atoms with Crippen molar-refractivity contribution in [2.75, 3.05) is 0 Å². The lowest BCUT2D eigenvalue weighted by atomic mass is 10.2. The molecule has 0 fully saturated rings. The van der Waals surface area contributed by atoms with E-state index >= 15 is 0 Å². The third-order valence-corrected chi connectivity index (χ3v) is 2.98. The van der Waals surface area contributed by atoms with Crippen molar-refractivity contribution in [3.63, 3.8) is 0 Å². The van der Waals surface area contributed by atoms with Crippen LogP contribution in [-0.4, -0.2) is 25.2 Å². The van der Waals surface area contributed by atoms with Crippen LogP contribution in [-0.2, 0) is 6.42 Å². The monoisotopic (exact) mass is 270 g/mol. The summed E-state index contributed by atoms with van der Waals surface area (Å²) in [4.78, 5) is 12.4. The van der Waals surface area contributed by atoms with E-state index in [0.29, 0.717) is 6.42 Å². The fraction of sp³-hybridized carbons (Fsp3) is 0.214. The van der Waals surface area contributed by atoms with E-state index in [2.05, 4.69) is 28.1 Å². The van der Waals surface area contributed by atoms with Crippen molar-refractivity contribution in [3.05, 3.63) is 48.5 Å². The lowest BCUT2D eigenvalue weighted by molar-refractivity contribution is 0.582. The molecule has 1 heterocycles. The molecule has 0 aliphatic heterocycles. The van der Waals surface area contributed by atoms with Crippen LogP contribution >= 0.6 is 0 Å². The molecule has 0 amide bonds. The van der Waals surface area contributed by atoms with Crippen LogP contribution in [0.5, 0.6) is 5.75 Å². The van der Waals surface area contributed by atoms with Gasteiger partial charge < -0.3 is 4.43 Å². The van der Waals surface area contributed by atoms with Gasteiger partial charge in [0.15, 0.2) is 0 Å². The molecule has 1 aromatic carbocycles. The predicted octanol–water partition coefficient (Wildman–Crippen LogP) is 3.05. The molecule has 0 aliphatic carbocycles. The van der Waals surface area contributed by atoms with Gasteiger partial charge in [-0.05, 0) is 30.8 Å². The van der Waals surface area contributed by atoms with Crippen molar-refractivity contribution in [2.45, 2.75) is 19.5 Å². The first-order chi connectivity index (χ1) is 9.25. The number of benzene rings is 1. The Morgan fingerprint density at radius 1 is 1.21 bits per heavy atom. The molecule has 0 saturated carbocycles. The zero-order valence-corrected chi connectivity index (χ0v) is 12.1. The highest BCUT2D eigenvalue weighted by Crippen LogP contribution is 2.26. The second kappa shape index (κ2) is 6.80. The largest absolute Gasteiger partial charge is 0.541 e. The third-order valence-electron chi connectivity index (χ3n) is 2.35. The normalized spacial score (nSPS) is 11.1. The summed E-state index contributed by atoms with van der Waals surface area (Å²) in [6.07, 6.45) is 7.68. The number of aliphatic imine (C=N–C) groups is 1. The SMILES string of the molecule is C[Si](C)Oc1ccccc1N=CCc1cncnc1. The lowest BCUT2D eigenvalue weighted by Crippen LogP contribution is -2.11. The van der Waals surface area contributed by atoms with Gasteiger partial charge in [0, 0.05) is 25.0 Å². The molecule has 19 heavy (non-hydrogen) atoms. The lowest BCUT2D eigenvalue weighted by Gasteiger charge is -2.10. The van der Waals surface area contributed by atoms with Crippen molar-refractivity contribution < 1.29 is 4.43 Å². The first kappa shape index (κ1) is 13.4. The molecule has 0 N–H and O–H groups in total. The highest BCUT2D eigenvalue weighted by molar-refractivity contribution is 6.49. The predicted molar refractivity (Wildman–Crippen MR) is 78.4 cm³/mol. The maximum absolute atomic E-state index is 5.81. The van der Waals surface area contributed by atoms with Crippen LogP contribution in [0.3, 0.4) is 0 Å². The van der Waals surface area contributed by atoms with Crippen molar-refractivity contribution in [1.82, 2.24) is 9.97 Å². The fourth-order valence-electron chi connectivity index (χ4n) is 1.55. The van der Waals surface area contributed by atoms with Gasteiger partial charge in [0.1, 0.15) is 17.8 Å². The molecule has 1 aromatic heterocycles. The zero-order valence-electron chi connectivity index (χ0n) is 11.1. The second-order valence-electron chi connectivity index (χ2n) is 4.24. The first-order valence-electron chi connectivity index (χ1n) is 6.09. The Labute approximate surface area is 114 Å². The van der Waals surface area contributed by atoms with Crippen molar-refractivity contribution in [1.29, 1.82) is 0 Å². The number of hydrogen-bond donors (Lipinski definition) is 0. The summed E-state index contributed by atoms with van der Waals surface area (Å²) in [5.41, 5.74) is 1.91. The van der Waals surface area contributed by atoms with Gasteiger partial charge in [-0.1, -0.05) is 12.1 Å². The topological polar surface area (TPSA) is 47.4 Å². The van der Waals surface area contributed by atoms with E-state index < -0.39 is 9.04 Å². The van der Waals surface area contributed by atoms with Crippen molar-refractivity contribution in [3.8, 4) is 5.75 Å². The summed E-state index contributed by atoms with van der Waals surface area (Å²) in [6, 6.07) is 7.83. The molecule has 0 saturated heterocycles. The van der Waals surface area contributed by atoms with Gasteiger partial charge in [0.05, 0.1) is 0 Å². The molecule has 0 spiro atoms. The molecule has 97 valence electrons. The van der Waals surface area contributed by atoms with E-state index in [1.165, 1.54) is 6.33 Å². The summed E-state index contributed by atoms with van der Waals surface area (Å²) < 4.78 is 5.81. The minimum Gasteiger partial charge on any atom is -0.541 e. The smallest absolute Gasteiger partial charge is 0.274 e. The van der Waals surface area contributed by atoms with Gasteiger partial charge in [-0.3, -0.25) is 4.99 Å². The Hall–Kier alpha value is -2.01. The fourth-order valence-corrected chi connectivity index (χ4v) is 2.17. The van der Waals surface area contributed by atoms with Crippen LogP contribution in [0.1, 0.15) is 5.56 Å². The third kappa shape index (κ3) is 4.29. The Morgan fingerprint density at radius 3 is 2.68 bits per heavy atom. The summed E-state index contributed by atoms with van der Waals surface area (Å²) in [5, 5.41) is 0. The average molecular weight is 270 g/mol. The van der Waals surface area contributed by atoms with Crippen LogP contribution in [0.15, 0.2) is 48.0 Å². The minimum atomic E-state index is -0.779. The number of nitrogens with zero attached hydrogens (tertiary/aromatic N) is 3. The van der Waals surface area contributed by atoms with Gasteiger partial charge in [-0.15, -0.1) is 0 Å². The highest BCUT2D eigenvalue weighted by Gasteiger charge is 2.04. The second-order valence-corrected chi connectivity index (χ2v) is 6.26. The minimum absolute atomic E-state index is 0.714. The summed E-state index contributed by atoms with van der Waals surface area (Å²) >= 11 is 0. The molecule has 0 bridgehead atoms. The molecule has 2 aromatic rings. The van der Waals surface area contributed by atoms with Gasteiger partial charge in [-0.25, -0.2) is 9.97 Å². The van der Waals surface area contributed by atoms with E-state index in [1.54, 1.807) is 12.4 Å². The van der Waals surface area contributed by atoms with E-state index in [4.69, 9.17) is 4.43 Å². The van der Waals surface area contributed by atoms with Crippen LogP contribution in [0.2, 0.25) is 13.1 Å². The number of hydrogen-bond acceptors (Lipinski definition) is 4. The molecule has 0 atom stereocenters. The van der Waals surface area contributed by atoms with Crippen LogP contribution in [0.4, 0.5) is 5.69 Å². The van der Waals surface area contributed by atoms with Crippen LogP contribution in [0, 0.1) is 0 Å². The summed E-state index contributed by atoms with van der Waals surface area (Å²) in [7, 11) is -0.779. The maximum Gasteiger partial charge on any atom is 0.274 e. The molecule has 2 rings (SSSR count). The molecule has 5 heteroatoms. The molecular weight excluding hydrogens is 254 g/mol. The standard InChI is InChI=1S/C14H16N3OSi/c1-19(2)18-14-6-4-3-5-13(14)17-8-7-12-9-15-11-16-10-12/h3-6,8-11H,7H2,1-2H3. The quantitative estimate of drug-likeness (QED) is 0.619. The number of aromatic nitrogens is 2. The van der Waals surface area contributed by atoms with Crippen LogP contribution in [0.25, 0.3) is 0 Å². The van der Waals surface area contributed by atoms with E-state index in [0.717, 1.165) is 17.0 Å². The van der Waals surface area contributed by atoms with Gasteiger partial charge in [0.2, 0.25) is 0 Å². The Bertz CT molecular complexity index is 543.